The Labute approximate surface area is 137 Å². The van der Waals surface area contributed by atoms with E-state index >= 15 is 0 Å². The second-order valence-electron chi connectivity index (χ2n) is 5.67. The van der Waals surface area contributed by atoms with E-state index in [2.05, 4.69) is 5.32 Å². The first-order valence-electron chi connectivity index (χ1n) is 7.60. The lowest BCUT2D eigenvalue weighted by Gasteiger charge is -2.37. The van der Waals surface area contributed by atoms with Gasteiger partial charge in [-0.2, -0.15) is 0 Å². The standard InChI is InChI=1S/C19H23NO3/c1-14(2)19(18(21)23-4,15-8-6-5-7-9-15)20-16-10-12-17(22-3)13-11-16/h5-14,20H,1-4H3. The monoisotopic (exact) mass is 313 g/mol. The molecule has 0 aromatic heterocycles. The number of rotatable bonds is 6. The van der Waals surface area contributed by atoms with Crippen LogP contribution >= 0.6 is 0 Å². The van der Waals surface area contributed by atoms with Gasteiger partial charge in [-0.25, -0.2) is 4.79 Å². The summed E-state index contributed by atoms with van der Waals surface area (Å²) in [6.45, 7) is 4.00. The number of hydrogen-bond donors (Lipinski definition) is 1. The average molecular weight is 313 g/mol. The van der Waals surface area contributed by atoms with E-state index in [0.29, 0.717) is 0 Å². The lowest BCUT2D eigenvalue weighted by Crippen LogP contribution is -2.48. The number of carbonyl (C=O) groups excluding carboxylic acids is 1. The van der Waals surface area contributed by atoms with E-state index in [0.717, 1.165) is 17.0 Å². The molecule has 2 aromatic rings. The minimum Gasteiger partial charge on any atom is -0.497 e. The van der Waals surface area contributed by atoms with Crippen molar-refractivity contribution in [3.05, 3.63) is 60.2 Å². The van der Waals surface area contributed by atoms with Gasteiger partial charge >= 0.3 is 5.97 Å². The number of ether oxygens (including phenoxy) is 2. The highest BCUT2D eigenvalue weighted by atomic mass is 16.5. The highest BCUT2D eigenvalue weighted by Crippen LogP contribution is 2.35. The van der Waals surface area contributed by atoms with Gasteiger partial charge < -0.3 is 14.8 Å². The Morgan fingerprint density at radius 3 is 2.09 bits per heavy atom. The van der Waals surface area contributed by atoms with Crippen molar-refractivity contribution in [1.29, 1.82) is 0 Å². The van der Waals surface area contributed by atoms with Crippen LogP contribution in [0.15, 0.2) is 54.6 Å². The summed E-state index contributed by atoms with van der Waals surface area (Å²) in [6.07, 6.45) is 0. The molecule has 0 saturated carbocycles. The van der Waals surface area contributed by atoms with Gasteiger partial charge in [-0.1, -0.05) is 44.2 Å². The maximum atomic E-state index is 12.7. The highest BCUT2D eigenvalue weighted by Gasteiger charge is 2.44. The normalized spacial score (nSPS) is 13.3. The van der Waals surface area contributed by atoms with Crippen molar-refractivity contribution in [3.63, 3.8) is 0 Å². The van der Waals surface area contributed by atoms with E-state index in [9.17, 15) is 4.79 Å². The summed E-state index contributed by atoms with van der Waals surface area (Å²) in [5.74, 6) is 0.442. The number of anilines is 1. The van der Waals surface area contributed by atoms with Crippen LogP contribution in [0.1, 0.15) is 19.4 Å². The number of benzene rings is 2. The minimum atomic E-state index is -0.954. The molecule has 2 rings (SSSR count). The SMILES string of the molecule is COC(=O)C(Nc1ccc(OC)cc1)(c1ccccc1)C(C)C. The van der Waals surface area contributed by atoms with E-state index in [1.165, 1.54) is 7.11 Å². The molecule has 0 bridgehead atoms. The molecule has 1 unspecified atom stereocenters. The fraction of sp³-hybridized carbons (Fsp3) is 0.316. The molecule has 0 saturated heterocycles. The molecule has 2 aromatic carbocycles. The Kier molecular flexibility index (Phi) is 5.27. The quantitative estimate of drug-likeness (QED) is 0.823. The third kappa shape index (κ3) is 3.31. The summed E-state index contributed by atoms with van der Waals surface area (Å²) in [5.41, 5.74) is 0.747. The van der Waals surface area contributed by atoms with Crippen molar-refractivity contribution in [2.45, 2.75) is 19.4 Å². The number of methoxy groups -OCH3 is 2. The van der Waals surface area contributed by atoms with Crippen molar-refractivity contribution < 1.29 is 14.3 Å². The summed E-state index contributed by atoms with van der Waals surface area (Å²) >= 11 is 0. The van der Waals surface area contributed by atoms with Crippen LogP contribution in [0, 0.1) is 5.92 Å². The summed E-state index contributed by atoms with van der Waals surface area (Å²) in [7, 11) is 3.04. The Hall–Kier alpha value is -2.49. The lowest BCUT2D eigenvalue weighted by molar-refractivity contribution is -0.148. The Balaban J connectivity index is 2.49. The van der Waals surface area contributed by atoms with Crippen LogP contribution in [0.5, 0.6) is 5.75 Å². The first kappa shape index (κ1) is 16.9. The predicted molar refractivity (Wildman–Crippen MR) is 91.6 cm³/mol. The molecule has 0 amide bonds. The van der Waals surface area contributed by atoms with E-state index in [4.69, 9.17) is 9.47 Å². The maximum absolute atomic E-state index is 12.7. The van der Waals surface area contributed by atoms with Crippen molar-refractivity contribution in [1.82, 2.24) is 0 Å². The van der Waals surface area contributed by atoms with Crippen LogP contribution in [0.4, 0.5) is 5.69 Å². The maximum Gasteiger partial charge on any atom is 0.336 e. The van der Waals surface area contributed by atoms with Crippen LogP contribution in [0.3, 0.4) is 0 Å². The molecule has 4 nitrogen and oxygen atoms in total. The second-order valence-corrected chi connectivity index (χ2v) is 5.67. The fourth-order valence-electron chi connectivity index (χ4n) is 2.72. The van der Waals surface area contributed by atoms with Crippen molar-refractivity contribution in [2.75, 3.05) is 19.5 Å². The van der Waals surface area contributed by atoms with Gasteiger partial charge in [0.2, 0.25) is 0 Å². The molecule has 0 fully saturated rings. The molecular formula is C19H23NO3. The molecule has 122 valence electrons. The van der Waals surface area contributed by atoms with Crippen LogP contribution in [-0.4, -0.2) is 20.2 Å². The third-order valence-corrected chi connectivity index (χ3v) is 4.03. The second kappa shape index (κ2) is 7.18. The highest BCUT2D eigenvalue weighted by molar-refractivity contribution is 5.86. The smallest absolute Gasteiger partial charge is 0.336 e. The van der Waals surface area contributed by atoms with Gasteiger partial charge in [0.25, 0.3) is 0 Å². The van der Waals surface area contributed by atoms with E-state index in [1.807, 2.05) is 68.4 Å². The molecule has 0 aliphatic heterocycles. The van der Waals surface area contributed by atoms with E-state index < -0.39 is 5.54 Å². The van der Waals surface area contributed by atoms with Crippen LogP contribution in [0.2, 0.25) is 0 Å². The predicted octanol–water partition coefficient (Wildman–Crippen LogP) is 3.83. The van der Waals surface area contributed by atoms with Crippen molar-refractivity contribution >= 4 is 11.7 Å². The van der Waals surface area contributed by atoms with E-state index in [-0.39, 0.29) is 11.9 Å². The van der Waals surface area contributed by atoms with Gasteiger partial charge in [-0.3, -0.25) is 0 Å². The summed E-state index contributed by atoms with van der Waals surface area (Å²) in [5, 5.41) is 3.38. The average Bonchev–Trinajstić information content (AvgIpc) is 2.60. The Bertz CT molecular complexity index is 637. The zero-order valence-corrected chi connectivity index (χ0v) is 14.0. The zero-order valence-electron chi connectivity index (χ0n) is 14.0. The number of carbonyl (C=O) groups is 1. The van der Waals surface area contributed by atoms with Crippen LogP contribution in [0.25, 0.3) is 0 Å². The zero-order chi connectivity index (χ0) is 16.9. The van der Waals surface area contributed by atoms with Gasteiger partial charge in [-0.05, 0) is 35.7 Å². The first-order chi connectivity index (χ1) is 11.0. The molecule has 4 heteroatoms. The van der Waals surface area contributed by atoms with Gasteiger partial charge in [0.1, 0.15) is 5.75 Å². The fourth-order valence-corrected chi connectivity index (χ4v) is 2.72. The van der Waals surface area contributed by atoms with Crippen molar-refractivity contribution in [3.8, 4) is 5.75 Å². The third-order valence-electron chi connectivity index (χ3n) is 4.03. The van der Waals surface area contributed by atoms with Crippen LogP contribution < -0.4 is 10.1 Å². The van der Waals surface area contributed by atoms with Gasteiger partial charge in [0, 0.05) is 5.69 Å². The van der Waals surface area contributed by atoms with E-state index in [1.54, 1.807) is 7.11 Å². The molecular weight excluding hydrogens is 290 g/mol. The molecule has 0 radical (unpaired) electrons. The number of esters is 1. The molecule has 0 spiro atoms. The number of nitrogens with one attached hydrogen (secondary N) is 1. The first-order valence-corrected chi connectivity index (χ1v) is 7.60. The molecule has 1 atom stereocenters. The summed E-state index contributed by atoms with van der Waals surface area (Å²) in [6, 6.07) is 17.1. The van der Waals surface area contributed by atoms with Gasteiger partial charge in [-0.15, -0.1) is 0 Å². The van der Waals surface area contributed by atoms with Gasteiger partial charge in [0.15, 0.2) is 5.54 Å². The summed E-state index contributed by atoms with van der Waals surface area (Å²) in [4.78, 5) is 12.7. The van der Waals surface area contributed by atoms with Crippen LogP contribution in [-0.2, 0) is 15.1 Å². The van der Waals surface area contributed by atoms with Gasteiger partial charge in [0.05, 0.1) is 14.2 Å². The topological polar surface area (TPSA) is 47.6 Å². The minimum absolute atomic E-state index is 0.0144. The molecule has 1 N–H and O–H groups in total. The Morgan fingerprint density at radius 2 is 1.61 bits per heavy atom. The lowest BCUT2D eigenvalue weighted by atomic mass is 9.79. The molecule has 0 aliphatic rings. The van der Waals surface area contributed by atoms with Crippen molar-refractivity contribution in [2.24, 2.45) is 5.92 Å². The number of hydrogen-bond acceptors (Lipinski definition) is 4. The molecule has 0 heterocycles. The summed E-state index contributed by atoms with van der Waals surface area (Å²) < 4.78 is 10.3. The molecule has 23 heavy (non-hydrogen) atoms. The molecule has 0 aliphatic carbocycles. The largest absolute Gasteiger partial charge is 0.497 e. The Morgan fingerprint density at radius 1 is 1.00 bits per heavy atom.